The Labute approximate surface area is 128 Å². The van der Waals surface area contributed by atoms with Crippen molar-refractivity contribution in [2.45, 2.75) is 6.42 Å². The Morgan fingerprint density at radius 3 is 3.05 bits per heavy atom. The van der Waals surface area contributed by atoms with E-state index in [1.54, 1.807) is 18.0 Å². The van der Waals surface area contributed by atoms with E-state index in [9.17, 15) is 0 Å². The van der Waals surface area contributed by atoms with Crippen molar-refractivity contribution in [3.05, 3.63) is 36.8 Å². The summed E-state index contributed by atoms with van der Waals surface area (Å²) in [6, 6.07) is 7.68. The lowest BCUT2D eigenvalue weighted by atomic mass is 10.3. The molecule has 7 heteroatoms. The van der Waals surface area contributed by atoms with Crippen LogP contribution in [-0.2, 0) is 0 Å². The fourth-order valence-electron chi connectivity index (χ4n) is 2.22. The minimum absolute atomic E-state index is 0.643. The Bertz CT molecular complexity index is 770. The first-order chi connectivity index (χ1) is 10.8. The average Bonchev–Trinajstić information content (AvgIpc) is 3.00. The number of ether oxygens (including phenoxy) is 1. The molecule has 3 N–H and O–H groups in total. The van der Waals surface area contributed by atoms with E-state index in [-0.39, 0.29) is 0 Å². The molecule has 0 amide bonds. The van der Waals surface area contributed by atoms with E-state index in [4.69, 9.17) is 10.5 Å². The van der Waals surface area contributed by atoms with Crippen LogP contribution < -0.4 is 15.8 Å². The summed E-state index contributed by atoms with van der Waals surface area (Å²) in [5.74, 6) is 1.55. The van der Waals surface area contributed by atoms with E-state index in [1.165, 1.54) is 6.33 Å². The number of rotatable bonds is 6. The second-order valence-electron chi connectivity index (χ2n) is 4.79. The molecule has 0 aliphatic rings. The summed E-state index contributed by atoms with van der Waals surface area (Å²) in [4.78, 5) is 8.62. The maximum atomic E-state index is 5.51. The first kappa shape index (κ1) is 14.3. The zero-order valence-corrected chi connectivity index (χ0v) is 12.4. The van der Waals surface area contributed by atoms with Gasteiger partial charge in [-0.3, -0.25) is 0 Å². The van der Waals surface area contributed by atoms with Gasteiger partial charge in [-0.1, -0.05) is 6.07 Å². The number of nitrogens with one attached hydrogen (secondary N) is 1. The maximum absolute atomic E-state index is 5.51. The van der Waals surface area contributed by atoms with Crippen LogP contribution in [0.4, 0.5) is 5.82 Å². The summed E-state index contributed by atoms with van der Waals surface area (Å²) < 4.78 is 7.03. The van der Waals surface area contributed by atoms with E-state index < -0.39 is 0 Å². The van der Waals surface area contributed by atoms with Crippen LogP contribution in [0, 0.1) is 0 Å². The van der Waals surface area contributed by atoms with E-state index >= 15 is 0 Å². The molecule has 0 bridgehead atoms. The van der Waals surface area contributed by atoms with Gasteiger partial charge in [0.15, 0.2) is 5.65 Å². The molecule has 22 heavy (non-hydrogen) atoms. The van der Waals surface area contributed by atoms with E-state index in [1.807, 2.05) is 24.3 Å². The number of benzene rings is 1. The zero-order valence-electron chi connectivity index (χ0n) is 12.4. The van der Waals surface area contributed by atoms with Crippen molar-refractivity contribution >= 4 is 16.9 Å². The van der Waals surface area contributed by atoms with Gasteiger partial charge in [0.05, 0.1) is 24.4 Å². The molecule has 0 spiro atoms. The maximum Gasteiger partial charge on any atom is 0.168 e. The van der Waals surface area contributed by atoms with E-state index in [0.29, 0.717) is 6.54 Å². The van der Waals surface area contributed by atoms with Crippen LogP contribution >= 0.6 is 0 Å². The number of hydrogen-bond acceptors (Lipinski definition) is 6. The molecule has 0 aliphatic heterocycles. The Balaban J connectivity index is 1.99. The normalized spacial score (nSPS) is 10.8. The summed E-state index contributed by atoms with van der Waals surface area (Å²) in [5.41, 5.74) is 7.15. The molecular formula is C15H18N6O. The van der Waals surface area contributed by atoms with Gasteiger partial charge < -0.3 is 15.8 Å². The topological polar surface area (TPSA) is 90.9 Å². The summed E-state index contributed by atoms with van der Waals surface area (Å²) >= 11 is 0. The largest absolute Gasteiger partial charge is 0.497 e. The minimum Gasteiger partial charge on any atom is -0.497 e. The van der Waals surface area contributed by atoms with Crippen LogP contribution in [-0.4, -0.2) is 39.9 Å². The molecule has 7 nitrogen and oxygen atoms in total. The van der Waals surface area contributed by atoms with Gasteiger partial charge in [0.1, 0.15) is 17.9 Å². The molecular weight excluding hydrogens is 280 g/mol. The summed E-state index contributed by atoms with van der Waals surface area (Å²) in [5, 5.41) is 8.57. The highest BCUT2D eigenvalue weighted by atomic mass is 16.5. The zero-order chi connectivity index (χ0) is 15.4. The molecule has 3 rings (SSSR count). The van der Waals surface area contributed by atoms with Crippen LogP contribution in [0.5, 0.6) is 5.75 Å². The number of nitrogens with two attached hydrogens (primary N) is 1. The number of nitrogens with zero attached hydrogens (tertiary/aromatic N) is 4. The van der Waals surface area contributed by atoms with Gasteiger partial charge in [0.25, 0.3) is 0 Å². The second kappa shape index (κ2) is 6.40. The third-order valence-electron chi connectivity index (χ3n) is 3.34. The van der Waals surface area contributed by atoms with Crippen molar-refractivity contribution in [2.24, 2.45) is 5.73 Å². The van der Waals surface area contributed by atoms with Crippen molar-refractivity contribution in [2.75, 3.05) is 25.5 Å². The van der Waals surface area contributed by atoms with Crippen molar-refractivity contribution in [1.29, 1.82) is 0 Å². The summed E-state index contributed by atoms with van der Waals surface area (Å²) in [6.07, 6.45) is 4.18. The summed E-state index contributed by atoms with van der Waals surface area (Å²) in [6.45, 7) is 1.41. The fourth-order valence-corrected chi connectivity index (χ4v) is 2.22. The van der Waals surface area contributed by atoms with Gasteiger partial charge in [-0.2, -0.15) is 5.10 Å². The average molecular weight is 298 g/mol. The lowest BCUT2D eigenvalue weighted by molar-refractivity contribution is 0.414. The third-order valence-corrected chi connectivity index (χ3v) is 3.34. The van der Waals surface area contributed by atoms with Crippen molar-refractivity contribution in [1.82, 2.24) is 19.7 Å². The number of anilines is 1. The molecule has 0 unspecified atom stereocenters. The Morgan fingerprint density at radius 2 is 2.23 bits per heavy atom. The van der Waals surface area contributed by atoms with Crippen LogP contribution in [0.1, 0.15) is 6.42 Å². The fraction of sp³-hybridized carbons (Fsp3) is 0.267. The number of fused-ring (bicyclic) bond motifs is 1. The van der Waals surface area contributed by atoms with E-state index in [2.05, 4.69) is 20.4 Å². The van der Waals surface area contributed by atoms with Gasteiger partial charge >= 0.3 is 0 Å². The Kier molecular flexibility index (Phi) is 4.15. The second-order valence-corrected chi connectivity index (χ2v) is 4.79. The molecule has 2 heterocycles. The van der Waals surface area contributed by atoms with E-state index in [0.717, 1.165) is 41.3 Å². The summed E-state index contributed by atoms with van der Waals surface area (Å²) in [7, 11) is 1.64. The molecule has 0 radical (unpaired) electrons. The van der Waals surface area contributed by atoms with Crippen molar-refractivity contribution < 1.29 is 4.74 Å². The SMILES string of the molecule is COc1cccc(-n2ncc3c(NCCCN)ncnc32)c1. The number of methoxy groups -OCH3 is 1. The Hall–Kier alpha value is -2.67. The highest BCUT2D eigenvalue weighted by molar-refractivity contribution is 5.87. The van der Waals surface area contributed by atoms with Gasteiger partial charge in [0.2, 0.25) is 0 Å². The monoisotopic (exact) mass is 298 g/mol. The Morgan fingerprint density at radius 1 is 1.32 bits per heavy atom. The van der Waals surface area contributed by atoms with Crippen LogP contribution in [0.2, 0.25) is 0 Å². The third kappa shape index (κ3) is 2.71. The van der Waals surface area contributed by atoms with Gasteiger partial charge in [0, 0.05) is 12.6 Å². The van der Waals surface area contributed by atoms with Crippen LogP contribution in [0.3, 0.4) is 0 Å². The van der Waals surface area contributed by atoms with Crippen molar-refractivity contribution in [3.63, 3.8) is 0 Å². The molecule has 3 aromatic rings. The lowest BCUT2D eigenvalue weighted by Gasteiger charge is -2.07. The first-order valence-corrected chi connectivity index (χ1v) is 7.10. The van der Waals surface area contributed by atoms with Crippen molar-refractivity contribution in [3.8, 4) is 11.4 Å². The number of aromatic nitrogens is 4. The molecule has 1 aromatic carbocycles. The molecule has 0 atom stereocenters. The predicted octanol–water partition coefficient (Wildman–Crippen LogP) is 1.58. The highest BCUT2D eigenvalue weighted by Crippen LogP contribution is 2.23. The van der Waals surface area contributed by atoms with Crippen LogP contribution in [0.25, 0.3) is 16.7 Å². The molecule has 0 fully saturated rings. The quantitative estimate of drug-likeness (QED) is 0.671. The molecule has 2 aromatic heterocycles. The molecule has 0 aliphatic carbocycles. The molecule has 0 saturated heterocycles. The lowest BCUT2D eigenvalue weighted by Crippen LogP contribution is -2.09. The van der Waals surface area contributed by atoms with Crippen LogP contribution in [0.15, 0.2) is 36.8 Å². The first-order valence-electron chi connectivity index (χ1n) is 7.10. The highest BCUT2D eigenvalue weighted by Gasteiger charge is 2.11. The van der Waals surface area contributed by atoms with Gasteiger partial charge in [-0.15, -0.1) is 0 Å². The molecule has 114 valence electrons. The molecule has 0 saturated carbocycles. The predicted molar refractivity (Wildman–Crippen MR) is 85.4 cm³/mol. The number of hydrogen-bond donors (Lipinski definition) is 2. The minimum atomic E-state index is 0.643. The van der Waals surface area contributed by atoms with Gasteiger partial charge in [-0.25, -0.2) is 14.6 Å². The smallest absolute Gasteiger partial charge is 0.168 e. The van der Waals surface area contributed by atoms with Gasteiger partial charge in [-0.05, 0) is 25.1 Å². The standard InChI is InChI=1S/C15H18N6O/c1-22-12-5-2-4-11(8-12)21-15-13(9-20-21)14(18-10-19-15)17-7-3-6-16/h2,4-5,8-10H,3,6-7,16H2,1H3,(H,17,18,19).